The Morgan fingerprint density at radius 1 is 0.784 bits per heavy atom. The van der Waals surface area contributed by atoms with Crippen LogP contribution < -0.4 is 0 Å². The highest BCUT2D eigenvalue weighted by atomic mass is 14.3. The van der Waals surface area contributed by atoms with E-state index >= 15 is 0 Å². The standard InChI is InChI=1S/C35H60.C2H4/c1-11-15-27(5)23-29(7)21-22-35(10,14-4)34-19-17-33(18-20-34)31(9)26-32(13-3)25-30(8)24-28(6)16-12-2;1-2/h14,17-20,27-30,32H,4,9,11-13,15-16,21-26H2,1-3,5-8,10H3;1-2H2. The van der Waals surface area contributed by atoms with Gasteiger partial charge in [-0.1, -0.05) is 124 Å². The first-order chi connectivity index (χ1) is 17.6. The summed E-state index contributed by atoms with van der Waals surface area (Å²) in [5.74, 6) is 4.00. The van der Waals surface area contributed by atoms with Crippen molar-refractivity contribution in [2.75, 3.05) is 0 Å². The smallest absolute Gasteiger partial charge is 0.0101 e. The molecule has 1 aromatic carbocycles. The molecular formula is C37H64. The molecule has 0 nitrogen and oxygen atoms in total. The van der Waals surface area contributed by atoms with Crippen LogP contribution in [0.5, 0.6) is 0 Å². The van der Waals surface area contributed by atoms with Crippen LogP contribution in [0, 0.1) is 29.6 Å². The van der Waals surface area contributed by atoms with E-state index in [1.807, 2.05) is 0 Å². The van der Waals surface area contributed by atoms with Gasteiger partial charge in [0, 0.05) is 5.41 Å². The van der Waals surface area contributed by atoms with Crippen LogP contribution in [0.1, 0.15) is 137 Å². The van der Waals surface area contributed by atoms with Gasteiger partial charge in [-0.25, -0.2) is 0 Å². The summed E-state index contributed by atoms with van der Waals surface area (Å²) < 4.78 is 0. The van der Waals surface area contributed by atoms with Gasteiger partial charge in [-0.05, 0) is 84.8 Å². The van der Waals surface area contributed by atoms with Gasteiger partial charge in [0.25, 0.3) is 0 Å². The molecule has 0 aliphatic heterocycles. The van der Waals surface area contributed by atoms with Gasteiger partial charge < -0.3 is 0 Å². The molecular weight excluding hydrogens is 444 g/mol. The van der Waals surface area contributed by atoms with E-state index in [9.17, 15) is 0 Å². The van der Waals surface area contributed by atoms with Crippen molar-refractivity contribution in [1.82, 2.24) is 0 Å². The molecule has 0 heteroatoms. The van der Waals surface area contributed by atoms with Gasteiger partial charge in [-0.2, -0.15) is 0 Å². The van der Waals surface area contributed by atoms with E-state index in [-0.39, 0.29) is 5.41 Å². The second kappa shape index (κ2) is 19.5. The highest BCUT2D eigenvalue weighted by molar-refractivity contribution is 5.64. The zero-order valence-electron chi connectivity index (χ0n) is 26.4. The van der Waals surface area contributed by atoms with Crippen molar-refractivity contribution in [3.8, 4) is 0 Å². The fourth-order valence-electron chi connectivity index (χ4n) is 6.24. The summed E-state index contributed by atoms with van der Waals surface area (Å²) in [6, 6.07) is 9.29. The van der Waals surface area contributed by atoms with Crippen LogP contribution >= 0.6 is 0 Å². The highest BCUT2D eigenvalue weighted by Crippen LogP contribution is 2.35. The molecule has 0 spiro atoms. The van der Waals surface area contributed by atoms with Crippen LogP contribution in [-0.4, -0.2) is 0 Å². The Bertz CT molecular complexity index is 725. The monoisotopic (exact) mass is 509 g/mol. The van der Waals surface area contributed by atoms with Crippen molar-refractivity contribution in [3.05, 3.63) is 67.8 Å². The predicted molar refractivity (Wildman–Crippen MR) is 172 cm³/mol. The number of benzene rings is 1. The van der Waals surface area contributed by atoms with E-state index in [1.165, 1.54) is 80.9 Å². The van der Waals surface area contributed by atoms with Crippen LogP contribution in [-0.2, 0) is 5.41 Å². The van der Waals surface area contributed by atoms with Crippen LogP contribution in [0.25, 0.3) is 5.57 Å². The summed E-state index contributed by atoms with van der Waals surface area (Å²) >= 11 is 0. The fraction of sp³-hybridized carbons (Fsp3) is 0.676. The molecule has 0 aliphatic rings. The Balaban J connectivity index is 0.00000631. The molecule has 0 amide bonds. The first-order valence-electron chi connectivity index (χ1n) is 15.5. The minimum atomic E-state index is 0.0404. The summed E-state index contributed by atoms with van der Waals surface area (Å²) in [7, 11) is 0. The number of allylic oxidation sites excluding steroid dienone is 2. The minimum absolute atomic E-state index is 0.0404. The maximum absolute atomic E-state index is 4.50. The maximum atomic E-state index is 4.50. The Morgan fingerprint density at radius 2 is 1.27 bits per heavy atom. The summed E-state index contributed by atoms with van der Waals surface area (Å²) in [6.07, 6.45) is 16.3. The second-order valence-electron chi connectivity index (χ2n) is 12.5. The molecule has 0 saturated heterocycles. The molecule has 0 aliphatic carbocycles. The van der Waals surface area contributed by atoms with Gasteiger partial charge in [-0.3, -0.25) is 0 Å². The lowest BCUT2D eigenvalue weighted by Gasteiger charge is -2.29. The normalized spacial score (nSPS) is 16.9. The highest BCUT2D eigenvalue weighted by Gasteiger charge is 2.24. The molecule has 0 fully saturated rings. The van der Waals surface area contributed by atoms with Crippen LogP contribution in [0.2, 0.25) is 0 Å². The van der Waals surface area contributed by atoms with Gasteiger partial charge >= 0.3 is 0 Å². The molecule has 0 radical (unpaired) electrons. The molecule has 6 atom stereocenters. The van der Waals surface area contributed by atoms with Crippen molar-refractivity contribution in [1.29, 1.82) is 0 Å². The van der Waals surface area contributed by atoms with Gasteiger partial charge in [0.15, 0.2) is 0 Å². The van der Waals surface area contributed by atoms with Crippen molar-refractivity contribution in [3.63, 3.8) is 0 Å². The molecule has 6 unspecified atom stereocenters. The van der Waals surface area contributed by atoms with E-state index in [1.54, 1.807) is 0 Å². The Kier molecular flexibility index (Phi) is 18.7. The average Bonchev–Trinajstić information content (AvgIpc) is 2.88. The Hall–Kier alpha value is -1.56. The van der Waals surface area contributed by atoms with E-state index in [4.69, 9.17) is 0 Å². The van der Waals surface area contributed by atoms with Crippen LogP contribution in [0.3, 0.4) is 0 Å². The van der Waals surface area contributed by atoms with Crippen molar-refractivity contribution < 1.29 is 0 Å². The summed E-state index contributed by atoms with van der Waals surface area (Å²) in [5.41, 5.74) is 4.05. The van der Waals surface area contributed by atoms with E-state index in [0.717, 1.165) is 36.0 Å². The number of hydrogen-bond donors (Lipinski definition) is 0. The Morgan fingerprint density at radius 3 is 1.73 bits per heavy atom. The minimum Gasteiger partial charge on any atom is -0.106 e. The third kappa shape index (κ3) is 13.7. The van der Waals surface area contributed by atoms with Gasteiger partial charge in [0.2, 0.25) is 0 Å². The van der Waals surface area contributed by atoms with Crippen molar-refractivity contribution >= 4 is 5.57 Å². The average molecular weight is 509 g/mol. The molecule has 37 heavy (non-hydrogen) atoms. The lowest BCUT2D eigenvalue weighted by molar-refractivity contribution is 0.319. The SMILES string of the molecule is C=C.C=CC(C)(CCC(C)CC(C)CCC)c1ccc(C(=C)CC(CC)CC(C)CC(C)CCC)cc1. The maximum Gasteiger partial charge on any atom is 0.0101 e. The molecule has 0 heterocycles. The lowest BCUT2D eigenvalue weighted by Crippen LogP contribution is -2.20. The topological polar surface area (TPSA) is 0 Å². The predicted octanol–water partition coefficient (Wildman–Crippen LogP) is 12.5. The van der Waals surface area contributed by atoms with Crippen molar-refractivity contribution in [2.45, 2.75) is 131 Å². The quantitative estimate of drug-likeness (QED) is 0.163. The molecule has 0 N–H and O–H groups in total. The molecule has 212 valence electrons. The van der Waals surface area contributed by atoms with E-state index in [0.29, 0.717) is 0 Å². The largest absolute Gasteiger partial charge is 0.106 e. The molecule has 0 saturated carbocycles. The van der Waals surface area contributed by atoms with Crippen LogP contribution in [0.4, 0.5) is 0 Å². The molecule has 0 aromatic heterocycles. The van der Waals surface area contributed by atoms with Gasteiger partial charge in [-0.15, -0.1) is 19.7 Å². The van der Waals surface area contributed by atoms with Crippen molar-refractivity contribution in [2.24, 2.45) is 29.6 Å². The summed E-state index contributed by atoms with van der Waals surface area (Å²) in [4.78, 5) is 0. The molecule has 0 bridgehead atoms. The lowest BCUT2D eigenvalue weighted by atomic mass is 9.76. The third-order valence-electron chi connectivity index (χ3n) is 8.58. The molecule has 1 aromatic rings. The zero-order valence-corrected chi connectivity index (χ0v) is 26.4. The third-order valence-corrected chi connectivity index (χ3v) is 8.58. The molecule has 1 rings (SSSR count). The number of hydrogen-bond acceptors (Lipinski definition) is 0. The van der Waals surface area contributed by atoms with E-state index in [2.05, 4.69) is 112 Å². The summed E-state index contributed by atoms with van der Waals surface area (Å²) in [5, 5.41) is 0. The van der Waals surface area contributed by atoms with Gasteiger partial charge in [0.05, 0.1) is 0 Å². The Labute approximate surface area is 234 Å². The first-order valence-corrected chi connectivity index (χ1v) is 15.5. The van der Waals surface area contributed by atoms with Crippen LogP contribution in [0.15, 0.2) is 56.7 Å². The zero-order chi connectivity index (χ0) is 28.4. The number of rotatable bonds is 19. The van der Waals surface area contributed by atoms with Gasteiger partial charge in [0.1, 0.15) is 0 Å². The second-order valence-corrected chi connectivity index (χ2v) is 12.5. The summed E-state index contributed by atoms with van der Waals surface area (Å²) in [6.45, 7) is 33.8. The van der Waals surface area contributed by atoms with E-state index < -0.39 is 0 Å². The fourth-order valence-corrected chi connectivity index (χ4v) is 6.24. The first kappa shape index (κ1) is 35.4.